The van der Waals surface area contributed by atoms with Crippen LogP contribution in [0.5, 0.6) is 11.5 Å². The summed E-state index contributed by atoms with van der Waals surface area (Å²) in [6, 6.07) is 37.7. The molecule has 0 amide bonds. The van der Waals surface area contributed by atoms with Gasteiger partial charge in [-0.15, -0.1) is 0 Å². The smallest absolute Gasteiger partial charge is 0.269 e. The third kappa shape index (κ3) is 7.16. The van der Waals surface area contributed by atoms with Gasteiger partial charge in [-0.1, -0.05) is 154 Å². The molecule has 0 fully saturated rings. The van der Waals surface area contributed by atoms with Gasteiger partial charge in [0.25, 0.3) is 6.33 Å². The maximum absolute atomic E-state index is 9.05. The summed E-state index contributed by atoms with van der Waals surface area (Å²) in [5.74, 6) is 1.88. The van der Waals surface area contributed by atoms with Crippen LogP contribution in [0.3, 0.4) is 0 Å². The van der Waals surface area contributed by atoms with Gasteiger partial charge in [-0.2, -0.15) is 0 Å². The van der Waals surface area contributed by atoms with Crippen molar-refractivity contribution in [2.24, 2.45) is 0 Å². The van der Waals surface area contributed by atoms with E-state index < -0.39 is 60.4 Å². The highest BCUT2D eigenvalue weighted by atomic mass is 16.5. The first-order chi connectivity index (χ1) is 35.8. The molecule has 0 aliphatic carbocycles. The summed E-state index contributed by atoms with van der Waals surface area (Å²) < 4.78 is 99.7. The largest absolute Gasteiger partial charge is 0.458 e. The normalized spacial score (nSPS) is 13.9. The molecule has 0 atom stereocenters. The molecule has 11 rings (SSSR count). The van der Waals surface area contributed by atoms with Crippen molar-refractivity contribution in [3.8, 4) is 62.1 Å². The molecule has 0 aliphatic heterocycles. The lowest BCUT2D eigenvalue weighted by Crippen LogP contribution is -2.31. The fraction of sp³-hybridized carbons (Fsp3) is 0.100. The van der Waals surface area contributed by atoms with Gasteiger partial charge in [-0.05, 0) is 124 Å². The highest BCUT2D eigenvalue weighted by Crippen LogP contribution is 2.40. The minimum absolute atomic E-state index is 0.118. The number of benzene rings is 8. The van der Waals surface area contributed by atoms with E-state index in [2.05, 4.69) is 100 Å². The molecule has 0 spiro atoms. The predicted octanol–water partition coefficient (Wildman–Crippen LogP) is 14.9. The Hall–Kier alpha value is -8.02. The van der Waals surface area contributed by atoms with E-state index in [9.17, 15) is 0 Å². The summed E-state index contributed by atoms with van der Waals surface area (Å²) in [6.45, 7) is 10.8. The van der Waals surface area contributed by atoms with Crippen LogP contribution in [-0.2, 0) is 5.41 Å². The Balaban J connectivity index is 1.08. The molecule has 3 aromatic heterocycles. The zero-order valence-electron chi connectivity index (χ0n) is 46.5. The molecule has 314 valence electrons. The van der Waals surface area contributed by atoms with Gasteiger partial charge in [-0.3, -0.25) is 13.7 Å². The standard InChI is InChI=1S/C60H48N4O/c1-40-17-14-18-41(2)58(40)44-29-32-53-52(35-44)51-31-30-48(38-56(51)64(53)57-36-45(33-34-61-57)60(3,4)5)65-47-24-15-23-46(37-47)62-39-63(55-28-13-12-27-54(55)62)59-49(42-19-8-6-9-20-42)25-16-26-50(59)43-21-10-7-11-22-43/h6-38H,1-5H3/i6D,7D,8D,9D,10D,11D,19D,20D,21D,22D. The number of para-hydroxylation sites is 3. The molecule has 0 saturated carbocycles. The summed E-state index contributed by atoms with van der Waals surface area (Å²) in [5.41, 5.74) is 9.76. The van der Waals surface area contributed by atoms with E-state index >= 15 is 0 Å². The van der Waals surface area contributed by atoms with Crippen molar-refractivity contribution in [1.82, 2.24) is 14.1 Å². The lowest BCUT2D eigenvalue weighted by Gasteiger charge is -2.20. The number of rotatable bonds is 8. The number of fused-ring (bicyclic) bond motifs is 4. The van der Waals surface area contributed by atoms with Crippen LogP contribution in [0.4, 0.5) is 0 Å². The fourth-order valence-electron chi connectivity index (χ4n) is 8.94. The second kappa shape index (κ2) is 16.0. The second-order valence-corrected chi connectivity index (χ2v) is 17.2. The molecule has 5 heteroatoms. The van der Waals surface area contributed by atoms with Crippen molar-refractivity contribution in [3.63, 3.8) is 0 Å². The van der Waals surface area contributed by atoms with Crippen LogP contribution < -0.4 is 9.30 Å². The lowest BCUT2D eigenvalue weighted by atomic mass is 9.88. The molecular formula is C60H48N4O. The third-order valence-electron chi connectivity index (χ3n) is 12.0. The number of nitrogens with zero attached hydrogens (tertiary/aromatic N) is 4. The Morgan fingerprint density at radius 2 is 1.26 bits per heavy atom. The molecule has 0 aliphatic rings. The Kier molecular flexibility index (Phi) is 7.40. The molecule has 5 nitrogen and oxygen atoms in total. The first-order valence-corrected chi connectivity index (χ1v) is 21.5. The van der Waals surface area contributed by atoms with Gasteiger partial charge in [0.2, 0.25) is 0 Å². The van der Waals surface area contributed by atoms with E-state index in [1.165, 1.54) is 16.7 Å². The number of hydrogen-bond donors (Lipinski definition) is 0. The van der Waals surface area contributed by atoms with E-state index in [0.29, 0.717) is 28.2 Å². The van der Waals surface area contributed by atoms with E-state index in [1.54, 1.807) is 27.3 Å². The summed E-state index contributed by atoms with van der Waals surface area (Å²) in [7, 11) is 0. The van der Waals surface area contributed by atoms with Crippen molar-refractivity contribution in [3.05, 3.63) is 223 Å². The van der Waals surface area contributed by atoms with Crippen LogP contribution in [-0.4, -0.2) is 14.1 Å². The zero-order chi connectivity index (χ0) is 52.9. The maximum Gasteiger partial charge on any atom is 0.269 e. The Bertz CT molecular complexity index is 4030. The third-order valence-corrected chi connectivity index (χ3v) is 12.0. The second-order valence-electron chi connectivity index (χ2n) is 17.2. The quantitative estimate of drug-likeness (QED) is 0.113. The van der Waals surface area contributed by atoms with Crippen molar-refractivity contribution < 1.29 is 23.0 Å². The summed E-state index contributed by atoms with van der Waals surface area (Å²) >= 11 is 0. The van der Waals surface area contributed by atoms with Gasteiger partial charge in [0.15, 0.2) is 0 Å². The minimum Gasteiger partial charge on any atom is -0.458 e. The monoisotopic (exact) mass is 850 g/mol. The summed E-state index contributed by atoms with van der Waals surface area (Å²) in [6.07, 6.45) is 5.32. The van der Waals surface area contributed by atoms with Crippen molar-refractivity contribution in [2.45, 2.75) is 40.0 Å². The van der Waals surface area contributed by atoms with Crippen molar-refractivity contribution >= 4 is 32.8 Å². The number of ether oxygens (including phenoxy) is 1. The minimum atomic E-state index is -0.567. The Morgan fingerprint density at radius 1 is 0.585 bits per heavy atom. The maximum atomic E-state index is 9.05. The van der Waals surface area contributed by atoms with Gasteiger partial charge in [-0.25, -0.2) is 4.98 Å². The number of hydrogen-bond acceptors (Lipinski definition) is 2. The van der Waals surface area contributed by atoms with E-state index in [1.807, 2.05) is 66.9 Å². The van der Waals surface area contributed by atoms with Gasteiger partial charge >= 0.3 is 0 Å². The fourth-order valence-corrected chi connectivity index (χ4v) is 8.94. The SMILES string of the molecule is [2H]c1c([2H])c([2H])c(-c2cccc(-c3c([2H])c([2H])c([2H])c([2H])c3[2H])c2-[n+]2[c-]n(-c3cccc(Oc4ccc5c6cc(-c7c(C)cccc7C)ccc6n(-c6cc(C(C)(C)C)ccn6)c5c4)c3)c3ccccc32)c([2H])c1[2H]. The average molecular weight is 851 g/mol. The number of aryl methyl sites for hydroxylation is 2. The summed E-state index contributed by atoms with van der Waals surface area (Å²) in [4.78, 5) is 4.92. The molecule has 8 aromatic carbocycles. The van der Waals surface area contributed by atoms with Crippen LogP contribution in [0, 0.1) is 20.2 Å². The zero-order valence-corrected chi connectivity index (χ0v) is 36.5. The predicted molar refractivity (Wildman–Crippen MR) is 267 cm³/mol. The highest BCUT2D eigenvalue weighted by Gasteiger charge is 2.22. The molecule has 0 bridgehead atoms. The molecule has 65 heavy (non-hydrogen) atoms. The van der Waals surface area contributed by atoms with Gasteiger partial charge in [0.05, 0.1) is 47.1 Å². The average Bonchev–Trinajstić information content (AvgIpc) is 4.00. The Labute approximate surface area is 394 Å². The number of pyridine rings is 1. The molecule has 0 radical (unpaired) electrons. The topological polar surface area (TPSA) is 35.9 Å². The van der Waals surface area contributed by atoms with Gasteiger partial charge in [0.1, 0.15) is 17.3 Å². The van der Waals surface area contributed by atoms with Crippen LogP contribution in [0.1, 0.15) is 51.2 Å². The van der Waals surface area contributed by atoms with Crippen LogP contribution in [0.15, 0.2) is 200 Å². The Morgan fingerprint density at radius 3 is 1.98 bits per heavy atom. The van der Waals surface area contributed by atoms with E-state index in [-0.39, 0.29) is 33.4 Å². The molecule has 0 saturated heterocycles. The molecule has 0 N–H and O–H groups in total. The number of aromatic nitrogens is 4. The van der Waals surface area contributed by atoms with E-state index in [0.717, 1.165) is 38.8 Å². The van der Waals surface area contributed by atoms with Crippen LogP contribution in [0.2, 0.25) is 0 Å². The number of imidazole rings is 1. The molecular weight excluding hydrogens is 793 g/mol. The lowest BCUT2D eigenvalue weighted by molar-refractivity contribution is -0.571. The first kappa shape index (κ1) is 30.1. The highest BCUT2D eigenvalue weighted by molar-refractivity contribution is 6.11. The van der Waals surface area contributed by atoms with Crippen LogP contribution in [0.25, 0.3) is 83.4 Å². The molecule has 0 unspecified atom stereocenters. The van der Waals surface area contributed by atoms with Crippen molar-refractivity contribution in [1.29, 1.82) is 0 Å². The van der Waals surface area contributed by atoms with Crippen LogP contribution >= 0.6 is 0 Å². The first-order valence-electron chi connectivity index (χ1n) is 26.5. The summed E-state index contributed by atoms with van der Waals surface area (Å²) in [5, 5.41) is 2.11. The van der Waals surface area contributed by atoms with E-state index in [4.69, 9.17) is 23.4 Å². The van der Waals surface area contributed by atoms with Gasteiger partial charge < -0.3 is 4.74 Å². The van der Waals surface area contributed by atoms with Crippen molar-refractivity contribution in [2.75, 3.05) is 0 Å². The molecule has 11 aromatic rings. The molecule has 3 heterocycles. The van der Waals surface area contributed by atoms with Gasteiger partial charge in [0, 0.05) is 23.0 Å².